The maximum Gasteiger partial charge on any atom is 0.493 e. The lowest BCUT2D eigenvalue weighted by Crippen LogP contribution is -2.41. The Labute approximate surface area is 151 Å². The van der Waals surface area contributed by atoms with Gasteiger partial charge in [0, 0.05) is 0 Å². The quantitative estimate of drug-likeness (QED) is 0.645. The zero-order valence-electron chi connectivity index (χ0n) is 15.8. The van der Waals surface area contributed by atoms with Crippen LogP contribution in [0.2, 0.25) is 0 Å². The smallest absolute Gasteiger partial charge is 0.399 e. The molecule has 4 heteroatoms. The van der Waals surface area contributed by atoms with Gasteiger partial charge in [0.15, 0.2) is 0 Å². The van der Waals surface area contributed by atoms with Gasteiger partial charge in [-0.1, -0.05) is 42.5 Å². The van der Waals surface area contributed by atoms with Gasteiger partial charge in [0.25, 0.3) is 0 Å². The van der Waals surface area contributed by atoms with Crippen LogP contribution in [0.4, 0.5) is 0 Å². The lowest BCUT2D eigenvalue weighted by atomic mass is 9.71. The zero-order chi connectivity index (χ0) is 18.1. The molecule has 2 aliphatic rings. The predicted octanol–water partition coefficient (Wildman–Crippen LogP) is 4.56. The van der Waals surface area contributed by atoms with Crippen molar-refractivity contribution in [1.82, 2.24) is 0 Å². The van der Waals surface area contributed by atoms with Gasteiger partial charge in [-0.15, -0.1) is 0 Å². The first-order valence-corrected chi connectivity index (χ1v) is 9.29. The second-order valence-corrected chi connectivity index (χ2v) is 8.07. The van der Waals surface area contributed by atoms with Gasteiger partial charge in [0.05, 0.1) is 17.3 Å². The van der Waals surface area contributed by atoms with Crippen LogP contribution in [0.1, 0.15) is 58.9 Å². The van der Waals surface area contributed by atoms with Crippen LogP contribution in [0.15, 0.2) is 47.5 Å². The van der Waals surface area contributed by atoms with Crippen molar-refractivity contribution < 1.29 is 14.4 Å². The SMILES string of the molecule is CC1(C)OB(/C(=C\c2ccccc2)C(O)C2=CCCCC2)OC1(C)C. The van der Waals surface area contributed by atoms with Crippen LogP contribution in [0.5, 0.6) is 0 Å². The molecule has 1 aliphatic heterocycles. The molecule has 0 amide bonds. The third-order valence-corrected chi connectivity index (χ3v) is 5.65. The molecule has 1 fully saturated rings. The van der Waals surface area contributed by atoms with E-state index < -0.39 is 24.4 Å². The highest BCUT2D eigenvalue weighted by Crippen LogP contribution is 2.40. The van der Waals surface area contributed by atoms with E-state index in [-0.39, 0.29) is 0 Å². The minimum absolute atomic E-state index is 0.423. The Bertz CT molecular complexity index is 645. The average molecular weight is 340 g/mol. The molecule has 0 spiro atoms. The Hall–Kier alpha value is -1.36. The average Bonchev–Trinajstić information content (AvgIpc) is 2.81. The van der Waals surface area contributed by atoms with Crippen molar-refractivity contribution in [2.45, 2.75) is 70.7 Å². The van der Waals surface area contributed by atoms with E-state index in [1.807, 2.05) is 64.1 Å². The second-order valence-electron chi connectivity index (χ2n) is 8.07. The lowest BCUT2D eigenvalue weighted by molar-refractivity contribution is 0.00578. The maximum absolute atomic E-state index is 11.1. The number of benzene rings is 1. The predicted molar refractivity (Wildman–Crippen MR) is 103 cm³/mol. The molecule has 0 aromatic heterocycles. The summed E-state index contributed by atoms with van der Waals surface area (Å²) in [5.41, 5.74) is 2.08. The number of aliphatic hydroxyl groups is 1. The number of allylic oxidation sites excluding steroid dienone is 1. The summed E-state index contributed by atoms with van der Waals surface area (Å²) in [4.78, 5) is 0. The molecule has 0 radical (unpaired) electrons. The van der Waals surface area contributed by atoms with E-state index >= 15 is 0 Å². The van der Waals surface area contributed by atoms with Crippen LogP contribution < -0.4 is 0 Å². The summed E-state index contributed by atoms with van der Waals surface area (Å²) in [6.45, 7) is 8.16. The van der Waals surface area contributed by atoms with E-state index in [0.29, 0.717) is 0 Å². The van der Waals surface area contributed by atoms with Crippen LogP contribution in [-0.4, -0.2) is 29.5 Å². The zero-order valence-corrected chi connectivity index (χ0v) is 15.8. The molecule has 1 N–H and O–H groups in total. The molecule has 3 rings (SSSR count). The van der Waals surface area contributed by atoms with Crippen molar-refractivity contribution in [3.63, 3.8) is 0 Å². The Balaban J connectivity index is 1.95. The van der Waals surface area contributed by atoms with Gasteiger partial charge in [0.2, 0.25) is 0 Å². The molecule has 3 nitrogen and oxygen atoms in total. The molecule has 1 saturated heterocycles. The highest BCUT2D eigenvalue weighted by Gasteiger charge is 2.53. The number of hydrogen-bond acceptors (Lipinski definition) is 3. The van der Waals surface area contributed by atoms with Gasteiger partial charge in [-0.3, -0.25) is 0 Å². The molecular weight excluding hydrogens is 311 g/mol. The van der Waals surface area contributed by atoms with Crippen LogP contribution in [0.3, 0.4) is 0 Å². The number of rotatable bonds is 4. The molecule has 25 heavy (non-hydrogen) atoms. The first kappa shape index (κ1) is 18.4. The maximum atomic E-state index is 11.1. The summed E-state index contributed by atoms with van der Waals surface area (Å²) >= 11 is 0. The van der Waals surface area contributed by atoms with Crippen molar-refractivity contribution in [1.29, 1.82) is 0 Å². The highest BCUT2D eigenvalue weighted by molar-refractivity contribution is 6.56. The van der Waals surface area contributed by atoms with Crippen molar-refractivity contribution in [3.8, 4) is 0 Å². The Morgan fingerprint density at radius 2 is 1.72 bits per heavy atom. The molecule has 1 aliphatic carbocycles. The monoisotopic (exact) mass is 340 g/mol. The third-order valence-electron chi connectivity index (χ3n) is 5.65. The molecule has 1 heterocycles. The standard InChI is InChI=1S/C21H29BO3/c1-20(2)21(3,4)25-22(24-20)18(15-16-11-7-5-8-12-16)19(23)17-13-9-6-10-14-17/h5,7-8,11-13,15,19,23H,6,9-10,14H2,1-4H3/b18-15-. The van der Waals surface area contributed by atoms with E-state index in [4.69, 9.17) is 9.31 Å². The number of hydrogen-bond donors (Lipinski definition) is 1. The molecule has 1 unspecified atom stereocenters. The molecule has 134 valence electrons. The Morgan fingerprint density at radius 3 is 2.28 bits per heavy atom. The molecule has 1 aromatic rings. The van der Waals surface area contributed by atoms with E-state index in [9.17, 15) is 5.11 Å². The first-order valence-electron chi connectivity index (χ1n) is 9.29. The van der Waals surface area contributed by atoms with Gasteiger partial charge >= 0.3 is 7.12 Å². The highest BCUT2D eigenvalue weighted by atomic mass is 16.7. The van der Waals surface area contributed by atoms with Crippen molar-refractivity contribution >= 4 is 13.2 Å². The summed E-state index contributed by atoms with van der Waals surface area (Å²) in [6, 6.07) is 10.1. The fraction of sp³-hybridized carbons (Fsp3) is 0.524. The molecule has 1 aromatic carbocycles. The Morgan fingerprint density at radius 1 is 1.08 bits per heavy atom. The summed E-state index contributed by atoms with van der Waals surface area (Å²) < 4.78 is 12.5. The second kappa shape index (κ2) is 7.10. The topological polar surface area (TPSA) is 38.7 Å². The van der Waals surface area contributed by atoms with Gasteiger partial charge in [-0.25, -0.2) is 0 Å². The largest absolute Gasteiger partial charge is 0.493 e. The lowest BCUT2D eigenvalue weighted by Gasteiger charge is -2.32. The third kappa shape index (κ3) is 3.92. The fourth-order valence-electron chi connectivity index (χ4n) is 3.32. The molecule has 1 atom stereocenters. The summed E-state index contributed by atoms with van der Waals surface area (Å²) in [7, 11) is -0.539. The van der Waals surface area contributed by atoms with Crippen molar-refractivity contribution in [2.75, 3.05) is 0 Å². The molecular formula is C21H29BO3. The summed E-state index contributed by atoms with van der Waals surface area (Å²) in [5.74, 6) is 0. The van der Waals surface area contributed by atoms with Crippen LogP contribution in [0, 0.1) is 0 Å². The summed E-state index contributed by atoms with van der Waals surface area (Å²) in [6.07, 6.45) is 7.84. The van der Waals surface area contributed by atoms with Crippen LogP contribution >= 0.6 is 0 Å². The van der Waals surface area contributed by atoms with Crippen molar-refractivity contribution in [3.05, 3.63) is 53.0 Å². The minimum atomic E-state index is -0.657. The van der Waals surface area contributed by atoms with E-state index in [1.165, 1.54) is 6.42 Å². The van der Waals surface area contributed by atoms with E-state index in [0.717, 1.165) is 35.9 Å². The Kier molecular flexibility index (Phi) is 5.24. The summed E-state index contributed by atoms with van der Waals surface area (Å²) in [5, 5.41) is 11.1. The van der Waals surface area contributed by atoms with E-state index in [2.05, 4.69) is 6.08 Å². The fourth-order valence-corrected chi connectivity index (χ4v) is 3.32. The van der Waals surface area contributed by atoms with Gasteiger partial charge < -0.3 is 14.4 Å². The van der Waals surface area contributed by atoms with Gasteiger partial charge in [0.1, 0.15) is 0 Å². The van der Waals surface area contributed by atoms with Crippen LogP contribution in [-0.2, 0) is 9.31 Å². The van der Waals surface area contributed by atoms with Gasteiger partial charge in [-0.05, 0) is 70.0 Å². The van der Waals surface area contributed by atoms with Crippen molar-refractivity contribution in [2.24, 2.45) is 0 Å². The molecule has 0 bridgehead atoms. The first-order chi connectivity index (χ1) is 11.8. The number of aliphatic hydroxyl groups excluding tert-OH is 1. The van der Waals surface area contributed by atoms with E-state index in [1.54, 1.807) is 0 Å². The van der Waals surface area contributed by atoms with Crippen LogP contribution in [0.25, 0.3) is 6.08 Å². The minimum Gasteiger partial charge on any atom is -0.399 e. The van der Waals surface area contributed by atoms with Gasteiger partial charge in [-0.2, -0.15) is 0 Å². The normalized spacial score (nSPS) is 24.1. The molecule has 0 saturated carbocycles.